The Hall–Kier alpha value is -0.770. The van der Waals surface area contributed by atoms with Gasteiger partial charge in [-0.15, -0.1) is 0 Å². The number of amides is 1. The number of hydrogen-bond acceptors (Lipinski definition) is 3. The highest BCUT2D eigenvalue weighted by Crippen LogP contribution is 2.08. The Morgan fingerprint density at radius 1 is 1.10 bits per heavy atom. The lowest BCUT2D eigenvalue weighted by molar-refractivity contribution is 0.0490. The van der Waals surface area contributed by atoms with Crippen molar-refractivity contribution < 1.29 is 9.53 Å². The fourth-order valence-electron chi connectivity index (χ4n) is 2.02. The summed E-state index contributed by atoms with van der Waals surface area (Å²) in [5, 5.41) is 6.40. The first-order valence-corrected chi connectivity index (χ1v) is 8.46. The number of unbranched alkanes of at least 4 members (excludes halogenated alkanes) is 4. The van der Waals surface area contributed by atoms with Crippen LogP contribution in [0.2, 0.25) is 0 Å². The first kappa shape index (κ1) is 20.2. The monoisotopic (exact) mass is 300 g/mol. The molecule has 0 aliphatic heterocycles. The number of alkyl carbamates (subject to hydrolysis) is 1. The molecule has 0 saturated heterocycles. The van der Waals surface area contributed by atoms with Gasteiger partial charge in [-0.1, -0.05) is 46.5 Å². The first-order chi connectivity index (χ1) is 9.76. The Bertz CT molecular complexity index is 272. The molecule has 0 radical (unpaired) electrons. The highest BCUT2D eigenvalue weighted by atomic mass is 16.6. The predicted octanol–water partition coefficient (Wildman–Crippen LogP) is 4.10. The highest BCUT2D eigenvalue weighted by molar-refractivity contribution is 5.68. The molecule has 0 aliphatic rings. The van der Waals surface area contributed by atoms with Crippen LogP contribution in [-0.2, 0) is 4.74 Å². The van der Waals surface area contributed by atoms with E-state index in [0.717, 1.165) is 13.1 Å². The van der Waals surface area contributed by atoms with Crippen LogP contribution in [0.15, 0.2) is 0 Å². The van der Waals surface area contributed by atoms with Gasteiger partial charge in [0.1, 0.15) is 5.60 Å². The number of nitrogens with one attached hydrogen (secondary N) is 2. The lowest BCUT2D eigenvalue weighted by atomic mass is 10.0. The molecule has 1 amide bonds. The van der Waals surface area contributed by atoms with Gasteiger partial charge in [-0.25, -0.2) is 4.79 Å². The minimum absolute atomic E-state index is 0.107. The van der Waals surface area contributed by atoms with E-state index in [1.165, 1.54) is 32.1 Å². The molecule has 4 heteroatoms. The summed E-state index contributed by atoms with van der Waals surface area (Å²) in [6.07, 6.45) is 6.09. The van der Waals surface area contributed by atoms with Gasteiger partial charge in [0.25, 0.3) is 0 Å². The van der Waals surface area contributed by atoms with Gasteiger partial charge in [-0.3, -0.25) is 0 Å². The topological polar surface area (TPSA) is 50.4 Å². The molecule has 4 nitrogen and oxygen atoms in total. The second kappa shape index (κ2) is 10.9. The average Bonchev–Trinajstić information content (AvgIpc) is 2.33. The summed E-state index contributed by atoms with van der Waals surface area (Å²) in [7, 11) is 0. The lowest BCUT2D eigenvalue weighted by Crippen LogP contribution is -2.47. The van der Waals surface area contributed by atoms with Gasteiger partial charge >= 0.3 is 6.09 Å². The van der Waals surface area contributed by atoms with Gasteiger partial charge in [-0.05, 0) is 39.7 Å². The summed E-state index contributed by atoms with van der Waals surface area (Å²) < 4.78 is 5.31. The molecule has 0 aromatic rings. The third kappa shape index (κ3) is 12.7. The summed E-state index contributed by atoms with van der Waals surface area (Å²) in [5.74, 6) is 0.380. The van der Waals surface area contributed by atoms with Crippen LogP contribution in [0.3, 0.4) is 0 Å². The fourth-order valence-corrected chi connectivity index (χ4v) is 2.02. The van der Waals surface area contributed by atoms with E-state index in [9.17, 15) is 4.79 Å². The fraction of sp³-hybridized carbons (Fsp3) is 0.941. The number of carbonyl (C=O) groups excluding carboxylic acids is 1. The Morgan fingerprint density at radius 2 is 1.71 bits per heavy atom. The number of ether oxygens (including phenoxy) is 1. The molecule has 0 fully saturated rings. The van der Waals surface area contributed by atoms with Crippen LogP contribution in [0.25, 0.3) is 0 Å². The van der Waals surface area contributed by atoms with Crippen molar-refractivity contribution in [1.29, 1.82) is 0 Å². The summed E-state index contributed by atoms with van der Waals surface area (Å²) >= 11 is 0. The Kier molecular flexibility index (Phi) is 10.5. The molecule has 0 rings (SSSR count). The van der Waals surface area contributed by atoms with Crippen LogP contribution < -0.4 is 10.6 Å². The van der Waals surface area contributed by atoms with Crippen molar-refractivity contribution in [2.45, 2.75) is 85.3 Å². The quantitative estimate of drug-likeness (QED) is 0.597. The van der Waals surface area contributed by atoms with Gasteiger partial charge in [0.05, 0.1) is 0 Å². The summed E-state index contributed by atoms with van der Waals surface area (Å²) in [5.41, 5.74) is -0.446. The molecule has 0 saturated carbocycles. The van der Waals surface area contributed by atoms with Crippen LogP contribution in [0.5, 0.6) is 0 Å². The molecule has 0 aromatic carbocycles. The molecule has 126 valence electrons. The molecular weight excluding hydrogens is 264 g/mol. The lowest BCUT2D eigenvalue weighted by Gasteiger charge is -2.26. The zero-order chi connectivity index (χ0) is 16.3. The molecule has 0 aliphatic carbocycles. The largest absolute Gasteiger partial charge is 0.444 e. The van der Waals surface area contributed by atoms with E-state index in [4.69, 9.17) is 4.74 Å². The van der Waals surface area contributed by atoms with Crippen LogP contribution in [0.4, 0.5) is 4.79 Å². The molecular formula is C17H36N2O2. The molecule has 2 N–H and O–H groups in total. The van der Waals surface area contributed by atoms with E-state index >= 15 is 0 Å². The van der Waals surface area contributed by atoms with Crippen molar-refractivity contribution in [3.05, 3.63) is 0 Å². The molecule has 1 unspecified atom stereocenters. The number of hydrogen-bond donors (Lipinski definition) is 2. The van der Waals surface area contributed by atoms with Crippen LogP contribution >= 0.6 is 0 Å². The second-order valence-electron chi connectivity index (χ2n) is 7.12. The summed E-state index contributed by atoms with van der Waals surface area (Å²) in [4.78, 5) is 11.8. The van der Waals surface area contributed by atoms with E-state index in [1.807, 2.05) is 20.8 Å². The molecule has 1 atom stereocenters. The maximum Gasteiger partial charge on any atom is 0.407 e. The van der Waals surface area contributed by atoms with Crippen LogP contribution in [0, 0.1) is 5.92 Å². The summed E-state index contributed by atoms with van der Waals surface area (Å²) in [6.45, 7) is 13.9. The molecule has 0 bridgehead atoms. The summed E-state index contributed by atoms with van der Waals surface area (Å²) in [6, 6.07) is 0.107. The minimum atomic E-state index is -0.446. The van der Waals surface area contributed by atoms with Gasteiger partial charge < -0.3 is 15.4 Å². The Labute approximate surface area is 131 Å². The molecule has 0 heterocycles. The number of carbonyl (C=O) groups is 1. The van der Waals surface area contributed by atoms with Crippen molar-refractivity contribution >= 4 is 6.09 Å². The van der Waals surface area contributed by atoms with E-state index in [1.54, 1.807) is 0 Å². The van der Waals surface area contributed by atoms with Crippen LogP contribution in [-0.4, -0.2) is 30.8 Å². The molecule has 0 aromatic heterocycles. The predicted molar refractivity (Wildman–Crippen MR) is 89.6 cm³/mol. The second-order valence-corrected chi connectivity index (χ2v) is 7.12. The van der Waals surface area contributed by atoms with E-state index in [-0.39, 0.29) is 12.1 Å². The van der Waals surface area contributed by atoms with Gasteiger partial charge in [0.2, 0.25) is 0 Å². The third-order valence-electron chi connectivity index (χ3n) is 3.33. The zero-order valence-corrected chi connectivity index (χ0v) is 14.9. The zero-order valence-electron chi connectivity index (χ0n) is 14.9. The maximum absolute atomic E-state index is 11.8. The normalized spacial score (nSPS) is 13.3. The smallest absolute Gasteiger partial charge is 0.407 e. The van der Waals surface area contributed by atoms with Gasteiger partial charge in [0, 0.05) is 12.6 Å². The van der Waals surface area contributed by atoms with Crippen molar-refractivity contribution in [2.75, 3.05) is 13.1 Å². The van der Waals surface area contributed by atoms with Gasteiger partial charge in [-0.2, -0.15) is 0 Å². The Morgan fingerprint density at radius 3 is 2.24 bits per heavy atom. The van der Waals surface area contributed by atoms with E-state index < -0.39 is 5.60 Å². The number of rotatable bonds is 10. The van der Waals surface area contributed by atoms with E-state index in [2.05, 4.69) is 31.4 Å². The first-order valence-electron chi connectivity index (χ1n) is 8.46. The SMILES string of the molecule is CCCCCCCNCC(NC(=O)OC(C)(C)C)C(C)C. The van der Waals surface area contributed by atoms with Gasteiger partial charge in [0.15, 0.2) is 0 Å². The van der Waals surface area contributed by atoms with E-state index in [0.29, 0.717) is 5.92 Å². The van der Waals surface area contributed by atoms with Crippen molar-refractivity contribution in [3.8, 4) is 0 Å². The third-order valence-corrected chi connectivity index (χ3v) is 3.33. The average molecular weight is 300 g/mol. The van der Waals surface area contributed by atoms with Crippen molar-refractivity contribution in [2.24, 2.45) is 5.92 Å². The standard InChI is InChI=1S/C17H36N2O2/c1-7-8-9-10-11-12-18-13-15(14(2)3)19-16(20)21-17(4,5)6/h14-15,18H,7-13H2,1-6H3,(H,19,20). The minimum Gasteiger partial charge on any atom is -0.444 e. The van der Waals surface area contributed by atoms with Crippen molar-refractivity contribution in [3.63, 3.8) is 0 Å². The maximum atomic E-state index is 11.8. The molecule has 0 spiro atoms. The van der Waals surface area contributed by atoms with Crippen LogP contribution in [0.1, 0.15) is 73.6 Å². The van der Waals surface area contributed by atoms with Crippen molar-refractivity contribution in [1.82, 2.24) is 10.6 Å². The highest BCUT2D eigenvalue weighted by Gasteiger charge is 2.20. The molecule has 21 heavy (non-hydrogen) atoms. The Balaban J connectivity index is 3.90.